The van der Waals surface area contributed by atoms with E-state index >= 15 is 0 Å². The van der Waals surface area contributed by atoms with Gasteiger partial charge < -0.3 is 10.6 Å². The van der Waals surface area contributed by atoms with Crippen molar-refractivity contribution in [3.63, 3.8) is 0 Å². The maximum atomic E-state index is 6.36. The maximum Gasteiger partial charge on any atom is 0.191 e. The molecule has 1 aliphatic carbocycles. The fourth-order valence-corrected chi connectivity index (χ4v) is 4.86. The number of hydrogen-bond acceptors (Lipinski definition) is 1. The predicted molar refractivity (Wildman–Crippen MR) is 136 cm³/mol. The molecular formula is C28H32ClN3. The summed E-state index contributed by atoms with van der Waals surface area (Å²) in [4.78, 5) is 7.05. The van der Waals surface area contributed by atoms with E-state index in [1.807, 2.05) is 37.2 Å². The van der Waals surface area contributed by atoms with Gasteiger partial charge in [0, 0.05) is 19.1 Å². The molecule has 0 unspecified atom stereocenters. The summed E-state index contributed by atoms with van der Waals surface area (Å²) in [5, 5.41) is 0.759. The molecule has 0 aromatic heterocycles. The first kappa shape index (κ1) is 22.4. The Morgan fingerprint density at radius 3 is 2.19 bits per heavy atom. The minimum Gasteiger partial charge on any atom is -0.370 e. The smallest absolute Gasteiger partial charge is 0.191 e. The van der Waals surface area contributed by atoms with Crippen LogP contribution in [0.3, 0.4) is 0 Å². The zero-order valence-electron chi connectivity index (χ0n) is 19.2. The Morgan fingerprint density at radius 2 is 1.59 bits per heavy atom. The molecule has 166 valence electrons. The first-order chi connectivity index (χ1) is 15.3. The molecule has 0 aliphatic heterocycles. The number of rotatable bonds is 4. The van der Waals surface area contributed by atoms with Gasteiger partial charge in [0.25, 0.3) is 0 Å². The van der Waals surface area contributed by atoms with Crippen LogP contribution in [0.5, 0.6) is 0 Å². The van der Waals surface area contributed by atoms with E-state index < -0.39 is 0 Å². The first-order valence-corrected chi connectivity index (χ1v) is 11.7. The van der Waals surface area contributed by atoms with Gasteiger partial charge in [-0.3, -0.25) is 0 Å². The van der Waals surface area contributed by atoms with Crippen LogP contribution in [0.25, 0.3) is 11.1 Å². The molecule has 0 saturated heterocycles. The van der Waals surface area contributed by atoms with E-state index in [0.29, 0.717) is 5.96 Å². The molecule has 0 amide bonds. The van der Waals surface area contributed by atoms with E-state index in [0.717, 1.165) is 42.7 Å². The highest BCUT2D eigenvalue weighted by Gasteiger charge is 2.33. The van der Waals surface area contributed by atoms with E-state index in [1.54, 1.807) is 0 Å². The molecule has 0 bridgehead atoms. The number of hydrogen-bond donors (Lipinski definition) is 1. The summed E-state index contributed by atoms with van der Waals surface area (Å²) in [5.41, 5.74) is 14.0. The minimum absolute atomic E-state index is 0.213. The van der Waals surface area contributed by atoms with Crippen LogP contribution in [-0.4, -0.2) is 30.5 Å². The number of aryl methyl sites for hydroxylation is 3. The lowest BCUT2D eigenvalue weighted by molar-refractivity contribution is 0.368. The average Bonchev–Trinajstić information content (AvgIpc) is 2.95. The van der Waals surface area contributed by atoms with Crippen LogP contribution in [0.2, 0.25) is 5.02 Å². The molecule has 32 heavy (non-hydrogen) atoms. The fourth-order valence-electron chi connectivity index (χ4n) is 4.67. The molecule has 3 aromatic carbocycles. The summed E-state index contributed by atoms with van der Waals surface area (Å²) in [6, 6.07) is 23.5. The predicted octanol–water partition coefficient (Wildman–Crippen LogP) is 6.05. The minimum atomic E-state index is -0.213. The van der Waals surface area contributed by atoms with Crippen LogP contribution < -0.4 is 5.73 Å². The third-order valence-corrected chi connectivity index (χ3v) is 6.90. The number of benzene rings is 3. The summed E-state index contributed by atoms with van der Waals surface area (Å²) < 4.78 is 0. The lowest BCUT2D eigenvalue weighted by Gasteiger charge is -2.31. The van der Waals surface area contributed by atoms with Crippen molar-refractivity contribution in [3.8, 4) is 11.1 Å². The van der Waals surface area contributed by atoms with E-state index in [2.05, 4.69) is 55.5 Å². The largest absolute Gasteiger partial charge is 0.370 e. The van der Waals surface area contributed by atoms with Gasteiger partial charge in [-0.1, -0.05) is 66.2 Å². The Morgan fingerprint density at radius 1 is 0.938 bits per heavy atom. The van der Waals surface area contributed by atoms with E-state index in [4.69, 9.17) is 22.3 Å². The van der Waals surface area contributed by atoms with E-state index in [9.17, 15) is 0 Å². The van der Waals surface area contributed by atoms with Crippen LogP contribution in [0, 0.1) is 6.92 Å². The number of fused-ring (bicyclic) bond motifs is 1. The Kier molecular flexibility index (Phi) is 6.57. The molecule has 0 fully saturated rings. The molecule has 3 aromatic rings. The van der Waals surface area contributed by atoms with Crippen molar-refractivity contribution in [2.45, 2.75) is 44.6 Å². The van der Waals surface area contributed by atoms with Crippen molar-refractivity contribution in [1.82, 2.24) is 4.90 Å². The number of guanidine groups is 1. The number of aliphatic imine (C=N–C) groups is 1. The molecule has 4 rings (SSSR count). The van der Waals surface area contributed by atoms with E-state index in [-0.39, 0.29) is 5.54 Å². The van der Waals surface area contributed by atoms with E-state index in [1.165, 1.54) is 27.8 Å². The third kappa shape index (κ3) is 4.99. The van der Waals surface area contributed by atoms with Crippen LogP contribution in [0.15, 0.2) is 71.7 Å². The molecule has 0 heterocycles. The first-order valence-electron chi connectivity index (χ1n) is 11.3. The SMILES string of the molecule is Cc1cc(-c2cccc(Cl)c2)ccc1CC1(/N=C(/N)N(C)C)CCc2ccccc2CC1. The zero-order valence-corrected chi connectivity index (χ0v) is 20.0. The Labute approximate surface area is 196 Å². The molecule has 3 nitrogen and oxygen atoms in total. The summed E-state index contributed by atoms with van der Waals surface area (Å²) in [6.45, 7) is 2.20. The van der Waals surface area contributed by atoms with Crippen LogP contribution in [0.1, 0.15) is 35.1 Å². The summed E-state index contributed by atoms with van der Waals surface area (Å²) in [6.07, 6.45) is 4.93. The maximum absolute atomic E-state index is 6.36. The quantitative estimate of drug-likeness (QED) is 0.301. The van der Waals surface area contributed by atoms with Gasteiger partial charge in [-0.15, -0.1) is 0 Å². The second-order valence-corrected chi connectivity index (χ2v) is 9.62. The molecule has 4 heteroatoms. The summed E-state index contributed by atoms with van der Waals surface area (Å²) in [5.74, 6) is 0.601. The van der Waals surface area contributed by atoms with Crippen molar-refractivity contribution < 1.29 is 0 Å². The average molecular weight is 446 g/mol. The topological polar surface area (TPSA) is 41.6 Å². The van der Waals surface area contributed by atoms with Crippen molar-refractivity contribution in [1.29, 1.82) is 0 Å². The summed E-state index contributed by atoms with van der Waals surface area (Å²) >= 11 is 6.21. The zero-order chi connectivity index (χ0) is 22.7. The monoisotopic (exact) mass is 445 g/mol. The van der Waals surface area contributed by atoms with Gasteiger partial charge in [0.2, 0.25) is 0 Å². The third-order valence-electron chi connectivity index (χ3n) is 6.67. The molecule has 0 radical (unpaired) electrons. The Balaban J connectivity index is 1.67. The standard InChI is InChI=1S/C28H32ClN3/c1-20-17-24(23-9-6-10-26(29)18-23)11-12-25(20)19-28(31-27(30)32(2)3)15-13-21-7-4-5-8-22(21)14-16-28/h4-12,17-18H,13-16,19H2,1-3H3,(H2,30,31). The molecular weight excluding hydrogens is 414 g/mol. The number of nitrogens with zero attached hydrogens (tertiary/aromatic N) is 2. The highest BCUT2D eigenvalue weighted by molar-refractivity contribution is 6.30. The molecule has 1 aliphatic rings. The lowest BCUT2D eigenvalue weighted by Crippen LogP contribution is -2.38. The van der Waals surface area contributed by atoms with Crippen molar-refractivity contribution in [2.24, 2.45) is 10.7 Å². The molecule has 0 spiro atoms. The van der Waals surface area contributed by atoms with Gasteiger partial charge in [0.05, 0.1) is 5.54 Å². The van der Waals surface area contributed by atoms with Gasteiger partial charge >= 0.3 is 0 Å². The van der Waals surface area contributed by atoms with Gasteiger partial charge in [0.1, 0.15) is 0 Å². The molecule has 0 atom stereocenters. The number of halogens is 1. The normalized spacial score (nSPS) is 15.7. The van der Waals surface area contributed by atoms with Gasteiger partial charge in [-0.2, -0.15) is 0 Å². The van der Waals surface area contributed by atoms with Crippen LogP contribution in [0.4, 0.5) is 0 Å². The van der Waals surface area contributed by atoms with Crippen molar-refractivity contribution in [3.05, 3.63) is 94.0 Å². The van der Waals surface area contributed by atoms with Crippen molar-refractivity contribution in [2.75, 3.05) is 14.1 Å². The van der Waals surface area contributed by atoms with Crippen LogP contribution >= 0.6 is 11.6 Å². The van der Waals surface area contributed by atoms with Crippen LogP contribution in [-0.2, 0) is 19.3 Å². The second-order valence-electron chi connectivity index (χ2n) is 9.19. The van der Waals surface area contributed by atoms with Gasteiger partial charge in [-0.25, -0.2) is 4.99 Å². The molecule has 0 saturated carbocycles. The van der Waals surface area contributed by atoms with Gasteiger partial charge in [0.15, 0.2) is 5.96 Å². The molecule has 2 N–H and O–H groups in total. The van der Waals surface area contributed by atoms with Gasteiger partial charge in [-0.05, 0) is 84.5 Å². The summed E-state index contributed by atoms with van der Waals surface area (Å²) in [7, 11) is 3.92. The Hall–Kier alpha value is -2.78. The van der Waals surface area contributed by atoms with Crippen molar-refractivity contribution >= 4 is 17.6 Å². The highest BCUT2D eigenvalue weighted by atomic mass is 35.5. The lowest BCUT2D eigenvalue weighted by atomic mass is 9.82. The highest BCUT2D eigenvalue weighted by Crippen LogP contribution is 2.35. The fraction of sp³-hybridized carbons (Fsp3) is 0.321. The second kappa shape index (κ2) is 9.38. The Bertz CT molecular complexity index is 1110. The number of nitrogens with two attached hydrogens (primary N) is 1.